The van der Waals surface area contributed by atoms with Gasteiger partial charge in [-0.25, -0.2) is 8.42 Å². The van der Waals surface area contributed by atoms with Gasteiger partial charge in [-0.3, -0.25) is 9.36 Å². The molecule has 7 nitrogen and oxygen atoms in total. The van der Waals surface area contributed by atoms with E-state index in [0.29, 0.717) is 6.54 Å². The molecule has 0 amide bonds. The molecule has 0 aromatic carbocycles. The third-order valence-corrected chi connectivity index (χ3v) is 4.63. The Labute approximate surface area is 112 Å². The van der Waals surface area contributed by atoms with Gasteiger partial charge in [-0.15, -0.1) is 0 Å². The van der Waals surface area contributed by atoms with Gasteiger partial charge in [0.25, 0.3) is 0 Å². The molecule has 0 saturated heterocycles. The molecule has 0 saturated carbocycles. The van der Waals surface area contributed by atoms with Crippen molar-refractivity contribution in [3.8, 4) is 0 Å². The molecule has 8 heteroatoms. The minimum atomic E-state index is -3.51. The Morgan fingerprint density at radius 3 is 2.68 bits per heavy atom. The van der Waals surface area contributed by atoms with Crippen molar-refractivity contribution in [3.63, 3.8) is 0 Å². The van der Waals surface area contributed by atoms with Crippen LogP contribution in [-0.4, -0.2) is 39.3 Å². The Balaban J connectivity index is 2.22. The van der Waals surface area contributed by atoms with Crippen molar-refractivity contribution in [2.45, 2.75) is 24.9 Å². The van der Waals surface area contributed by atoms with Crippen molar-refractivity contribution in [2.24, 2.45) is 7.05 Å². The van der Waals surface area contributed by atoms with Crippen molar-refractivity contribution in [1.82, 2.24) is 23.9 Å². The van der Waals surface area contributed by atoms with Crippen LogP contribution in [0.2, 0.25) is 0 Å². The summed E-state index contributed by atoms with van der Waals surface area (Å²) in [7, 11) is -0.274. The average molecular weight is 283 g/mol. The average Bonchev–Trinajstić information content (AvgIpc) is 2.97. The normalized spacial score (nSPS) is 12.2. The highest BCUT2D eigenvalue weighted by Gasteiger charge is 2.23. The van der Waals surface area contributed by atoms with Crippen molar-refractivity contribution in [1.29, 1.82) is 0 Å². The molecule has 0 atom stereocenters. The molecule has 2 aromatic rings. The Morgan fingerprint density at radius 2 is 2.11 bits per heavy atom. The van der Waals surface area contributed by atoms with Crippen LogP contribution in [0.4, 0.5) is 0 Å². The van der Waals surface area contributed by atoms with Crippen LogP contribution in [0.5, 0.6) is 0 Å². The third kappa shape index (κ3) is 2.69. The summed E-state index contributed by atoms with van der Waals surface area (Å²) in [6.07, 6.45) is 4.51. The first kappa shape index (κ1) is 13.8. The third-order valence-electron chi connectivity index (χ3n) is 2.88. The van der Waals surface area contributed by atoms with Gasteiger partial charge in [0.15, 0.2) is 0 Å². The molecule has 0 unspecified atom stereocenters. The second-order valence-corrected chi connectivity index (χ2v) is 6.29. The minimum Gasteiger partial charge on any atom is -0.274 e. The van der Waals surface area contributed by atoms with Gasteiger partial charge in [-0.05, 0) is 13.0 Å². The molecule has 2 heterocycles. The van der Waals surface area contributed by atoms with E-state index in [0.717, 1.165) is 5.69 Å². The lowest BCUT2D eigenvalue weighted by Crippen LogP contribution is -2.27. The van der Waals surface area contributed by atoms with Gasteiger partial charge in [0.1, 0.15) is 4.90 Å². The van der Waals surface area contributed by atoms with Gasteiger partial charge in [-0.2, -0.15) is 14.5 Å². The molecule has 0 radical (unpaired) electrons. The van der Waals surface area contributed by atoms with E-state index in [9.17, 15) is 8.42 Å². The summed E-state index contributed by atoms with van der Waals surface area (Å²) in [5.41, 5.74) is 0.859. The number of aryl methyl sites for hydroxylation is 2. The summed E-state index contributed by atoms with van der Waals surface area (Å²) >= 11 is 0. The van der Waals surface area contributed by atoms with Crippen molar-refractivity contribution in [3.05, 3.63) is 30.4 Å². The zero-order chi connectivity index (χ0) is 14.0. The maximum Gasteiger partial charge on any atom is 0.246 e. The number of rotatable bonds is 5. The lowest BCUT2D eigenvalue weighted by molar-refractivity contribution is 0.447. The summed E-state index contributed by atoms with van der Waals surface area (Å²) in [6, 6.07) is 1.82. The quantitative estimate of drug-likeness (QED) is 0.799. The zero-order valence-corrected chi connectivity index (χ0v) is 12.0. The fourth-order valence-electron chi connectivity index (χ4n) is 1.80. The van der Waals surface area contributed by atoms with Crippen LogP contribution in [0.1, 0.15) is 12.6 Å². The van der Waals surface area contributed by atoms with E-state index in [1.54, 1.807) is 25.0 Å². The molecular weight excluding hydrogens is 266 g/mol. The monoisotopic (exact) mass is 283 g/mol. The Morgan fingerprint density at radius 1 is 1.37 bits per heavy atom. The lowest BCUT2D eigenvalue weighted by atomic mass is 10.4. The Hall–Kier alpha value is -1.67. The molecule has 104 valence electrons. The molecule has 2 rings (SSSR count). The molecule has 2 aromatic heterocycles. The predicted octanol–water partition coefficient (Wildman–Crippen LogP) is 0.457. The van der Waals surface area contributed by atoms with Crippen molar-refractivity contribution < 1.29 is 8.42 Å². The first-order valence-corrected chi connectivity index (χ1v) is 7.35. The van der Waals surface area contributed by atoms with Crippen LogP contribution in [0.25, 0.3) is 0 Å². The molecular formula is C11H17N5O2S. The molecule has 0 aliphatic rings. The van der Waals surface area contributed by atoms with Crippen molar-refractivity contribution >= 4 is 10.0 Å². The maximum absolute atomic E-state index is 12.3. The van der Waals surface area contributed by atoms with Gasteiger partial charge in [0, 0.05) is 33.0 Å². The van der Waals surface area contributed by atoms with Gasteiger partial charge >= 0.3 is 0 Å². The molecule has 0 bridgehead atoms. The summed E-state index contributed by atoms with van der Waals surface area (Å²) in [6.45, 7) is 2.96. The van der Waals surface area contributed by atoms with E-state index in [2.05, 4.69) is 10.2 Å². The first-order valence-electron chi connectivity index (χ1n) is 5.91. The van der Waals surface area contributed by atoms with Gasteiger partial charge < -0.3 is 0 Å². The van der Waals surface area contributed by atoms with E-state index in [1.165, 1.54) is 21.4 Å². The standard InChI is InChI=1S/C11H17N5O2S/c1-4-16-10(5-6-12-16)8-15(3)19(17,18)11-7-13-14(2)9-11/h5-7,9H,4,8H2,1-3H3. The number of sulfonamides is 1. The molecule has 0 aliphatic carbocycles. The van der Waals surface area contributed by atoms with Crippen molar-refractivity contribution in [2.75, 3.05) is 7.05 Å². The summed E-state index contributed by atoms with van der Waals surface area (Å²) in [5.74, 6) is 0. The summed E-state index contributed by atoms with van der Waals surface area (Å²) in [5, 5.41) is 8.01. The fraction of sp³-hybridized carbons (Fsp3) is 0.455. The van der Waals surface area contributed by atoms with Crippen LogP contribution < -0.4 is 0 Å². The summed E-state index contributed by atoms with van der Waals surface area (Å²) < 4.78 is 29.2. The van der Waals surface area contributed by atoms with Gasteiger partial charge in [-0.1, -0.05) is 0 Å². The van der Waals surface area contributed by atoms with Gasteiger partial charge in [0.05, 0.1) is 18.4 Å². The molecule has 0 N–H and O–H groups in total. The van der Waals surface area contributed by atoms with E-state index < -0.39 is 10.0 Å². The topological polar surface area (TPSA) is 73.0 Å². The van der Waals surface area contributed by atoms with Crippen LogP contribution in [0.15, 0.2) is 29.6 Å². The fourth-order valence-corrected chi connectivity index (χ4v) is 2.93. The molecule has 0 aliphatic heterocycles. The minimum absolute atomic E-state index is 0.195. The van der Waals surface area contributed by atoms with Crippen LogP contribution in [0, 0.1) is 0 Å². The lowest BCUT2D eigenvalue weighted by Gasteiger charge is -2.16. The van der Waals surface area contributed by atoms with Crippen LogP contribution in [-0.2, 0) is 30.2 Å². The molecule has 0 spiro atoms. The zero-order valence-electron chi connectivity index (χ0n) is 11.2. The van der Waals surface area contributed by atoms with Crippen LogP contribution in [0.3, 0.4) is 0 Å². The number of aromatic nitrogens is 4. The second kappa shape index (κ2) is 5.14. The second-order valence-electron chi connectivity index (χ2n) is 4.25. The largest absolute Gasteiger partial charge is 0.274 e. The SMILES string of the molecule is CCn1nccc1CN(C)S(=O)(=O)c1cnn(C)c1. The highest BCUT2D eigenvalue weighted by atomic mass is 32.2. The highest BCUT2D eigenvalue weighted by Crippen LogP contribution is 2.15. The van der Waals surface area contributed by atoms with E-state index in [-0.39, 0.29) is 11.4 Å². The summed E-state index contributed by atoms with van der Waals surface area (Å²) in [4.78, 5) is 0.195. The van der Waals surface area contributed by atoms with E-state index in [1.807, 2.05) is 13.0 Å². The highest BCUT2D eigenvalue weighted by molar-refractivity contribution is 7.89. The maximum atomic E-state index is 12.3. The van der Waals surface area contributed by atoms with E-state index >= 15 is 0 Å². The molecule has 0 fully saturated rings. The van der Waals surface area contributed by atoms with Crippen LogP contribution >= 0.6 is 0 Å². The Kier molecular flexibility index (Phi) is 3.72. The number of nitrogens with zero attached hydrogens (tertiary/aromatic N) is 5. The molecule has 19 heavy (non-hydrogen) atoms. The van der Waals surface area contributed by atoms with Gasteiger partial charge in [0.2, 0.25) is 10.0 Å². The van der Waals surface area contributed by atoms with E-state index in [4.69, 9.17) is 0 Å². The first-order chi connectivity index (χ1) is 8.95. The Bertz CT molecular complexity index is 658. The number of hydrogen-bond acceptors (Lipinski definition) is 4. The smallest absolute Gasteiger partial charge is 0.246 e. The predicted molar refractivity (Wildman–Crippen MR) is 69.8 cm³/mol. The number of hydrogen-bond donors (Lipinski definition) is 0.